The smallest absolute Gasteiger partial charge is 0.323 e. The molecule has 1 heterocycles. The summed E-state index contributed by atoms with van der Waals surface area (Å²) in [5.74, 6) is 0. The van der Waals surface area contributed by atoms with E-state index in [0.717, 1.165) is 0 Å². The molecule has 0 aromatic heterocycles. The molecule has 8 heavy (non-hydrogen) atoms. The Balaban J connectivity index is 2.45. The van der Waals surface area contributed by atoms with Gasteiger partial charge >= 0.3 is 6.72 Å². The molecule has 0 bridgehead atoms. The van der Waals surface area contributed by atoms with Crippen LogP contribution in [0.25, 0.3) is 0 Å². The summed E-state index contributed by atoms with van der Waals surface area (Å²) in [4.78, 5) is 13.1. The van der Waals surface area contributed by atoms with Gasteiger partial charge in [-0.25, -0.2) is 4.89 Å². The molecule has 0 aromatic rings. The van der Waals surface area contributed by atoms with Crippen LogP contribution in [0.3, 0.4) is 0 Å². The van der Waals surface area contributed by atoms with Gasteiger partial charge in [0.25, 0.3) is 0 Å². The maximum Gasteiger partial charge on any atom is 0.353 e. The molecule has 4 nitrogen and oxygen atoms in total. The average molecular weight is 156 g/mol. The molecule has 1 aliphatic heterocycles. The van der Waals surface area contributed by atoms with Crippen molar-refractivity contribution in [3.8, 4) is 0 Å². The molecule has 1 fully saturated rings. The van der Waals surface area contributed by atoms with Crippen LogP contribution in [0.15, 0.2) is 0 Å². The fourth-order valence-corrected chi connectivity index (χ4v) is 1.22. The first-order valence-corrected chi connectivity index (χ1v) is 4.58. The molecule has 6 heteroatoms. The Bertz CT molecular complexity index is 115. The van der Waals surface area contributed by atoms with Crippen LogP contribution in [0, 0.1) is 0 Å². The van der Waals surface area contributed by atoms with E-state index < -0.39 is 6.72 Å². The quantitative estimate of drug-likeness (QED) is 0.400. The van der Waals surface area contributed by atoms with Gasteiger partial charge < -0.3 is 9.42 Å². The SMILES string of the molecule is OP1(=S)OCCOO1. The molecule has 1 unspecified atom stereocenters. The van der Waals surface area contributed by atoms with Gasteiger partial charge in [-0.15, -0.1) is 4.67 Å². The molecule has 0 saturated carbocycles. The number of hydrogen-bond donors (Lipinski definition) is 1. The van der Waals surface area contributed by atoms with Crippen LogP contribution < -0.4 is 0 Å². The monoisotopic (exact) mass is 156 g/mol. The molecule has 1 aliphatic rings. The third-order valence-corrected chi connectivity index (χ3v) is 1.87. The van der Waals surface area contributed by atoms with Crippen molar-refractivity contribution in [3.05, 3.63) is 0 Å². The van der Waals surface area contributed by atoms with Crippen molar-refractivity contribution in [2.24, 2.45) is 0 Å². The highest BCUT2D eigenvalue weighted by Gasteiger charge is 2.20. The maximum atomic E-state index is 8.73. The molecule has 1 saturated heterocycles. The second-order valence-electron chi connectivity index (χ2n) is 1.20. The van der Waals surface area contributed by atoms with Gasteiger partial charge in [-0.1, -0.05) is 0 Å². The molecule has 1 N–H and O–H groups in total. The normalized spacial score (nSPS) is 39.6. The van der Waals surface area contributed by atoms with E-state index in [-0.39, 0.29) is 0 Å². The minimum absolute atomic E-state index is 0.313. The van der Waals surface area contributed by atoms with Crippen LogP contribution in [0.5, 0.6) is 0 Å². The molecule has 0 aromatic carbocycles. The Morgan fingerprint density at radius 1 is 1.50 bits per heavy atom. The highest BCUT2D eigenvalue weighted by atomic mass is 32.5. The lowest BCUT2D eigenvalue weighted by atomic mass is 10.8. The van der Waals surface area contributed by atoms with Gasteiger partial charge in [-0.2, -0.15) is 0 Å². The molecule has 0 aliphatic carbocycles. The maximum absolute atomic E-state index is 8.73. The van der Waals surface area contributed by atoms with E-state index in [4.69, 9.17) is 4.89 Å². The second-order valence-corrected chi connectivity index (χ2v) is 3.93. The third-order valence-electron chi connectivity index (χ3n) is 0.568. The topological polar surface area (TPSA) is 47.9 Å². The number of rotatable bonds is 0. The summed E-state index contributed by atoms with van der Waals surface area (Å²) in [5, 5.41) is 0. The van der Waals surface area contributed by atoms with Crippen molar-refractivity contribution in [2.75, 3.05) is 13.2 Å². The van der Waals surface area contributed by atoms with Crippen molar-refractivity contribution in [1.29, 1.82) is 0 Å². The van der Waals surface area contributed by atoms with Crippen LogP contribution in [-0.2, 0) is 25.9 Å². The zero-order chi connectivity index (χ0) is 6.04. The Morgan fingerprint density at radius 3 is 2.50 bits per heavy atom. The first kappa shape index (κ1) is 6.61. The molecule has 1 rings (SSSR count). The standard InChI is InChI=1S/C2H5O4PS/c3-7(8)5-2-1-4-6-7/h1-2H2,(H,3,8). The lowest BCUT2D eigenvalue weighted by molar-refractivity contribution is -0.241. The average Bonchev–Trinajstić information content (AvgIpc) is 1.65. The van der Waals surface area contributed by atoms with Crippen LogP contribution in [0.1, 0.15) is 0 Å². The fraction of sp³-hybridized carbons (Fsp3) is 1.00. The summed E-state index contributed by atoms with van der Waals surface area (Å²) >= 11 is 4.39. The van der Waals surface area contributed by atoms with Crippen molar-refractivity contribution in [2.45, 2.75) is 0 Å². The molecule has 0 radical (unpaired) electrons. The highest BCUT2D eigenvalue weighted by Crippen LogP contribution is 2.45. The van der Waals surface area contributed by atoms with Gasteiger partial charge in [-0.3, -0.25) is 0 Å². The van der Waals surface area contributed by atoms with E-state index in [1.54, 1.807) is 0 Å². The predicted molar refractivity (Wildman–Crippen MR) is 29.5 cm³/mol. The Morgan fingerprint density at radius 2 is 2.25 bits per heavy atom. The van der Waals surface area contributed by atoms with Crippen LogP contribution in [0.2, 0.25) is 0 Å². The largest absolute Gasteiger partial charge is 0.353 e. The second kappa shape index (κ2) is 2.39. The first-order chi connectivity index (χ1) is 3.71. The van der Waals surface area contributed by atoms with Crippen LogP contribution in [-0.4, -0.2) is 18.1 Å². The summed E-state index contributed by atoms with van der Waals surface area (Å²) < 4.78 is 8.82. The van der Waals surface area contributed by atoms with E-state index in [1.807, 2.05) is 0 Å². The van der Waals surface area contributed by atoms with Crippen molar-refractivity contribution < 1.29 is 19.0 Å². The summed E-state index contributed by atoms with van der Waals surface area (Å²) in [6, 6.07) is 0. The fourth-order valence-electron chi connectivity index (χ4n) is 0.312. The molecule has 0 spiro atoms. The van der Waals surface area contributed by atoms with E-state index in [1.165, 1.54) is 0 Å². The minimum Gasteiger partial charge on any atom is -0.323 e. The molecule has 48 valence electrons. The zero-order valence-electron chi connectivity index (χ0n) is 3.94. The van der Waals surface area contributed by atoms with Crippen molar-refractivity contribution in [1.82, 2.24) is 0 Å². The van der Waals surface area contributed by atoms with Gasteiger partial charge in [0.05, 0.1) is 6.61 Å². The molecule has 0 amide bonds. The summed E-state index contributed by atoms with van der Waals surface area (Å²) in [5.41, 5.74) is 0. The Kier molecular flexibility index (Phi) is 1.97. The number of hydrogen-bond acceptors (Lipinski definition) is 4. The first-order valence-electron chi connectivity index (χ1n) is 1.99. The lowest BCUT2D eigenvalue weighted by Crippen LogP contribution is -2.10. The molecular formula is C2H5O4PS. The van der Waals surface area contributed by atoms with E-state index in [2.05, 4.69) is 25.9 Å². The van der Waals surface area contributed by atoms with Crippen molar-refractivity contribution >= 4 is 18.5 Å². The Labute approximate surface area is 51.5 Å². The van der Waals surface area contributed by atoms with Crippen LogP contribution in [0.4, 0.5) is 0 Å². The zero-order valence-corrected chi connectivity index (χ0v) is 5.65. The van der Waals surface area contributed by atoms with E-state index in [0.29, 0.717) is 13.2 Å². The van der Waals surface area contributed by atoms with Gasteiger partial charge in [-0.05, 0) is 11.8 Å². The van der Waals surface area contributed by atoms with E-state index >= 15 is 0 Å². The summed E-state index contributed by atoms with van der Waals surface area (Å²) in [7, 11) is 0. The molecular weight excluding hydrogens is 151 g/mol. The van der Waals surface area contributed by atoms with Crippen LogP contribution >= 0.6 is 6.72 Å². The van der Waals surface area contributed by atoms with Gasteiger partial charge in [0.1, 0.15) is 6.61 Å². The van der Waals surface area contributed by atoms with Gasteiger partial charge in [0, 0.05) is 0 Å². The van der Waals surface area contributed by atoms with E-state index in [9.17, 15) is 0 Å². The summed E-state index contributed by atoms with van der Waals surface area (Å²) in [6.07, 6.45) is 0. The highest BCUT2D eigenvalue weighted by molar-refractivity contribution is 8.07. The summed E-state index contributed by atoms with van der Waals surface area (Å²) in [6.45, 7) is -2.33. The predicted octanol–water partition coefficient (Wildman–Crippen LogP) is 0.182. The lowest BCUT2D eigenvalue weighted by Gasteiger charge is -2.18. The minimum atomic E-state index is -2.98. The third kappa shape index (κ3) is 1.78. The van der Waals surface area contributed by atoms with Gasteiger partial charge in [0.15, 0.2) is 0 Å². The Hall–Kier alpha value is 0.490. The van der Waals surface area contributed by atoms with Gasteiger partial charge in [0.2, 0.25) is 0 Å². The molecule has 1 atom stereocenters. The van der Waals surface area contributed by atoms with Crippen molar-refractivity contribution in [3.63, 3.8) is 0 Å².